The number of hydrogen-bond acceptors (Lipinski definition) is 7. The van der Waals surface area contributed by atoms with Crippen molar-refractivity contribution >= 4 is 34.1 Å². The monoisotopic (exact) mass is 489 g/mol. The van der Waals surface area contributed by atoms with Crippen LogP contribution < -0.4 is 5.56 Å². The van der Waals surface area contributed by atoms with Gasteiger partial charge >= 0.3 is 5.97 Å². The number of ether oxygens (including phenoxy) is 1. The Morgan fingerprint density at radius 2 is 1.70 bits per heavy atom. The maximum Gasteiger partial charge on any atom is 0.337 e. The van der Waals surface area contributed by atoms with Crippen molar-refractivity contribution in [2.24, 2.45) is 5.10 Å². The van der Waals surface area contributed by atoms with E-state index in [1.807, 2.05) is 36.4 Å². The van der Waals surface area contributed by atoms with E-state index < -0.39 is 5.97 Å². The highest BCUT2D eigenvalue weighted by Gasteiger charge is 2.16. The third kappa shape index (κ3) is 4.10. The first-order valence-electron chi connectivity index (χ1n) is 11.4. The molecule has 180 valence electrons. The predicted octanol–water partition coefficient (Wildman–Crippen LogP) is 5.74. The van der Waals surface area contributed by atoms with Gasteiger partial charge in [-0.25, -0.2) is 9.78 Å². The van der Waals surface area contributed by atoms with Crippen molar-refractivity contribution in [2.75, 3.05) is 7.11 Å². The molecule has 0 unspecified atom stereocenters. The number of para-hydroxylation sites is 2. The highest BCUT2D eigenvalue weighted by Crippen LogP contribution is 2.27. The van der Waals surface area contributed by atoms with Crippen molar-refractivity contribution in [3.8, 4) is 22.9 Å². The lowest BCUT2D eigenvalue weighted by Crippen LogP contribution is -2.20. The fourth-order valence-corrected chi connectivity index (χ4v) is 4.06. The first-order chi connectivity index (χ1) is 18.1. The van der Waals surface area contributed by atoms with Gasteiger partial charge in [-0.2, -0.15) is 9.78 Å². The summed E-state index contributed by atoms with van der Waals surface area (Å²) in [6, 6.07) is 26.9. The molecule has 0 radical (unpaired) electrons. The van der Waals surface area contributed by atoms with Gasteiger partial charge in [-0.1, -0.05) is 42.5 Å². The molecule has 0 aliphatic heterocycles. The number of nitrogens with zero attached hydrogens (tertiary/aromatic N) is 3. The minimum atomic E-state index is -0.409. The molecule has 6 aromatic rings. The third-order valence-corrected chi connectivity index (χ3v) is 5.92. The zero-order chi connectivity index (χ0) is 25.4. The second-order valence-corrected chi connectivity index (χ2v) is 8.23. The van der Waals surface area contributed by atoms with Crippen LogP contribution in [0.3, 0.4) is 0 Å². The molecule has 37 heavy (non-hydrogen) atoms. The number of methoxy groups -OCH3 is 1. The van der Waals surface area contributed by atoms with Crippen LogP contribution in [0.2, 0.25) is 0 Å². The van der Waals surface area contributed by atoms with Crippen molar-refractivity contribution in [3.05, 3.63) is 113 Å². The van der Waals surface area contributed by atoms with E-state index in [9.17, 15) is 9.59 Å². The fourth-order valence-electron chi connectivity index (χ4n) is 4.06. The molecule has 0 atom stereocenters. The molecule has 0 amide bonds. The van der Waals surface area contributed by atoms with Crippen LogP contribution in [0.25, 0.3) is 44.8 Å². The molecule has 0 N–H and O–H groups in total. The van der Waals surface area contributed by atoms with Gasteiger partial charge in [-0.05, 0) is 48.5 Å². The smallest absolute Gasteiger partial charge is 0.337 e. The predicted molar refractivity (Wildman–Crippen MR) is 140 cm³/mol. The number of carbonyl (C=O) groups is 1. The van der Waals surface area contributed by atoms with Gasteiger partial charge in [0, 0.05) is 10.9 Å². The molecule has 3 heterocycles. The SMILES string of the molecule is COC(=O)c1ccc(-c2ccc(C=Nn3c(-c4cc5ccccc5o4)nc4ccccc4c3=O)o2)cc1. The maximum atomic E-state index is 13.4. The number of hydrogen-bond donors (Lipinski definition) is 0. The maximum absolute atomic E-state index is 13.4. The van der Waals surface area contributed by atoms with Crippen LogP contribution in [-0.4, -0.2) is 29.0 Å². The molecule has 0 fully saturated rings. The van der Waals surface area contributed by atoms with E-state index in [-0.39, 0.29) is 11.4 Å². The summed E-state index contributed by atoms with van der Waals surface area (Å²) in [6.45, 7) is 0. The summed E-state index contributed by atoms with van der Waals surface area (Å²) in [6.07, 6.45) is 1.45. The number of fused-ring (bicyclic) bond motifs is 2. The molecular formula is C29H19N3O5. The number of carbonyl (C=O) groups excluding carboxylic acids is 1. The van der Waals surface area contributed by atoms with E-state index in [0.717, 1.165) is 10.9 Å². The first-order valence-corrected chi connectivity index (χ1v) is 11.4. The molecule has 0 saturated carbocycles. The van der Waals surface area contributed by atoms with Gasteiger partial charge in [-0.3, -0.25) is 4.79 Å². The molecule has 6 rings (SSSR count). The fraction of sp³-hybridized carbons (Fsp3) is 0.0345. The summed E-state index contributed by atoms with van der Waals surface area (Å²) in [4.78, 5) is 29.8. The number of rotatable bonds is 5. The van der Waals surface area contributed by atoms with Gasteiger partial charge in [-0.15, -0.1) is 0 Å². The minimum absolute atomic E-state index is 0.279. The second-order valence-electron chi connectivity index (χ2n) is 8.23. The van der Waals surface area contributed by atoms with Crippen molar-refractivity contribution in [2.45, 2.75) is 0 Å². The van der Waals surface area contributed by atoms with E-state index in [1.54, 1.807) is 54.6 Å². The lowest BCUT2D eigenvalue weighted by molar-refractivity contribution is 0.0600. The zero-order valence-corrected chi connectivity index (χ0v) is 19.6. The highest BCUT2D eigenvalue weighted by atomic mass is 16.5. The molecule has 0 aliphatic rings. The van der Waals surface area contributed by atoms with Crippen molar-refractivity contribution in [1.29, 1.82) is 0 Å². The Bertz CT molecular complexity index is 1830. The number of aromatic nitrogens is 2. The number of benzene rings is 3. The summed E-state index contributed by atoms with van der Waals surface area (Å²) >= 11 is 0. The third-order valence-electron chi connectivity index (χ3n) is 5.92. The molecule has 0 bridgehead atoms. The standard InChI is InChI=1S/C29H19N3O5/c1-35-29(34)19-12-10-18(11-13-19)25-15-14-21(36-25)17-30-32-27(26-16-20-6-2-5-9-24(20)37-26)31-23-8-4-3-7-22(23)28(32)33/h2-17H,1H3. The Kier molecular flexibility index (Phi) is 5.46. The molecule has 8 heteroatoms. The molecule has 0 aliphatic carbocycles. The molecule has 0 spiro atoms. The van der Waals surface area contributed by atoms with E-state index in [4.69, 9.17) is 13.6 Å². The summed E-state index contributed by atoms with van der Waals surface area (Å²) in [5, 5.41) is 5.76. The first kappa shape index (κ1) is 22.2. The number of esters is 1. The Morgan fingerprint density at radius 1 is 0.919 bits per heavy atom. The van der Waals surface area contributed by atoms with Gasteiger partial charge < -0.3 is 13.6 Å². The lowest BCUT2D eigenvalue weighted by atomic mass is 10.1. The van der Waals surface area contributed by atoms with E-state index in [0.29, 0.717) is 39.3 Å². The largest absolute Gasteiger partial charge is 0.465 e. The molecule has 8 nitrogen and oxygen atoms in total. The summed E-state index contributed by atoms with van der Waals surface area (Å²) in [7, 11) is 1.34. The molecule has 3 aromatic carbocycles. The average Bonchev–Trinajstić information content (AvgIpc) is 3.59. The minimum Gasteiger partial charge on any atom is -0.465 e. The van der Waals surface area contributed by atoms with Crippen LogP contribution in [0.4, 0.5) is 0 Å². The normalized spacial score (nSPS) is 11.5. The van der Waals surface area contributed by atoms with E-state index >= 15 is 0 Å². The Labute approximate surface area is 210 Å². The topological polar surface area (TPSA) is 99.8 Å². The summed E-state index contributed by atoms with van der Waals surface area (Å²) in [5.41, 5.74) is 2.12. The Morgan fingerprint density at radius 3 is 2.51 bits per heavy atom. The van der Waals surface area contributed by atoms with E-state index in [2.05, 4.69) is 10.1 Å². The van der Waals surface area contributed by atoms with Gasteiger partial charge in [0.1, 0.15) is 17.1 Å². The van der Waals surface area contributed by atoms with Crippen molar-refractivity contribution in [1.82, 2.24) is 9.66 Å². The second kappa shape index (κ2) is 9.09. The van der Waals surface area contributed by atoms with Crippen LogP contribution in [0.5, 0.6) is 0 Å². The Hall–Kier alpha value is -5.24. The quantitative estimate of drug-likeness (QED) is 0.226. The van der Waals surface area contributed by atoms with Crippen molar-refractivity contribution in [3.63, 3.8) is 0 Å². The van der Waals surface area contributed by atoms with Gasteiger partial charge in [0.2, 0.25) is 5.82 Å². The number of furan rings is 2. The summed E-state index contributed by atoms with van der Waals surface area (Å²) < 4.78 is 17.9. The van der Waals surface area contributed by atoms with Crippen LogP contribution in [0, 0.1) is 0 Å². The van der Waals surface area contributed by atoms with Gasteiger partial charge in [0.15, 0.2) is 5.76 Å². The average molecular weight is 489 g/mol. The van der Waals surface area contributed by atoms with Crippen LogP contribution in [0.15, 0.2) is 110 Å². The molecule has 0 saturated heterocycles. The van der Waals surface area contributed by atoms with Crippen LogP contribution in [0.1, 0.15) is 16.1 Å². The lowest BCUT2D eigenvalue weighted by Gasteiger charge is -2.06. The Balaban J connectivity index is 1.40. The van der Waals surface area contributed by atoms with E-state index in [1.165, 1.54) is 18.0 Å². The van der Waals surface area contributed by atoms with Gasteiger partial charge in [0.05, 0.1) is 29.8 Å². The molecule has 3 aromatic heterocycles. The van der Waals surface area contributed by atoms with Crippen LogP contribution in [-0.2, 0) is 4.74 Å². The zero-order valence-electron chi connectivity index (χ0n) is 19.6. The molecular weight excluding hydrogens is 470 g/mol. The van der Waals surface area contributed by atoms with Crippen LogP contribution >= 0.6 is 0 Å². The summed E-state index contributed by atoms with van der Waals surface area (Å²) in [5.74, 6) is 1.31. The van der Waals surface area contributed by atoms with Gasteiger partial charge in [0.25, 0.3) is 5.56 Å². The van der Waals surface area contributed by atoms with Crippen molar-refractivity contribution < 1.29 is 18.4 Å². The highest BCUT2D eigenvalue weighted by molar-refractivity contribution is 5.90.